The van der Waals surface area contributed by atoms with E-state index in [9.17, 15) is 13.2 Å². The Morgan fingerprint density at radius 3 is 2.62 bits per heavy atom. The number of anilines is 2. The van der Waals surface area contributed by atoms with E-state index in [0.717, 1.165) is 12.3 Å². The van der Waals surface area contributed by atoms with Crippen molar-refractivity contribution in [3.05, 3.63) is 60.8 Å². The minimum Gasteiger partial charge on any atom is -0.437 e. The summed E-state index contributed by atoms with van der Waals surface area (Å²) in [6.45, 7) is 0. The summed E-state index contributed by atoms with van der Waals surface area (Å²) in [5.41, 5.74) is -0.553. The molecule has 0 bridgehead atoms. The Balaban J connectivity index is 1.78. The minimum absolute atomic E-state index is 0.165. The molecule has 0 radical (unpaired) electrons. The molecule has 0 fully saturated rings. The number of alkyl halides is 3. The fourth-order valence-corrected chi connectivity index (χ4v) is 1.80. The highest BCUT2D eigenvalue weighted by atomic mass is 19.4. The number of hydrogen-bond acceptors (Lipinski definition) is 6. The first-order valence-electron chi connectivity index (χ1n) is 6.72. The Morgan fingerprint density at radius 1 is 1.00 bits per heavy atom. The van der Waals surface area contributed by atoms with E-state index in [2.05, 4.69) is 25.3 Å². The minimum atomic E-state index is -4.53. The van der Waals surface area contributed by atoms with Crippen LogP contribution in [-0.4, -0.2) is 19.9 Å². The second-order valence-electron chi connectivity index (χ2n) is 4.56. The number of hydrogen-bond donors (Lipinski definition) is 1. The number of rotatable bonds is 4. The highest BCUT2D eigenvalue weighted by molar-refractivity contribution is 5.56. The van der Waals surface area contributed by atoms with E-state index in [4.69, 9.17) is 4.74 Å². The van der Waals surface area contributed by atoms with Crippen LogP contribution in [0.2, 0.25) is 0 Å². The highest BCUT2D eigenvalue weighted by Crippen LogP contribution is 2.28. The summed E-state index contributed by atoms with van der Waals surface area (Å²) in [4.78, 5) is 15.1. The third-order valence-electron chi connectivity index (χ3n) is 2.80. The van der Waals surface area contributed by atoms with Gasteiger partial charge in [-0.2, -0.15) is 13.2 Å². The van der Waals surface area contributed by atoms with Crippen molar-refractivity contribution in [3.63, 3.8) is 0 Å². The van der Waals surface area contributed by atoms with Gasteiger partial charge in [0.05, 0.1) is 6.20 Å². The summed E-state index contributed by atoms with van der Waals surface area (Å²) >= 11 is 0. The van der Waals surface area contributed by atoms with Crippen molar-refractivity contribution in [1.29, 1.82) is 0 Å². The van der Waals surface area contributed by atoms with Gasteiger partial charge in [0.25, 0.3) is 0 Å². The van der Waals surface area contributed by atoms with E-state index in [1.165, 1.54) is 18.6 Å². The van der Waals surface area contributed by atoms with Crippen LogP contribution in [-0.2, 0) is 6.18 Å². The van der Waals surface area contributed by atoms with Crippen molar-refractivity contribution in [1.82, 2.24) is 19.9 Å². The molecule has 0 aliphatic heterocycles. The molecule has 9 heteroatoms. The van der Waals surface area contributed by atoms with E-state index >= 15 is 0 Å². The lowest BCUT2D eigenvalue weighted by Crippen LogP contribution is -2.10. The van der Waals surface area contributed by atoms with Crippen LogP contribution in [0.3, 0.4) is 0 Å². The first-order valence-corrected chi connectivity index (χ1v) is 6.72. The molecule has 1 aromatic carbocycles. The number of nitrogens with one attached hydrogen (secondary N) is 1. The zero-order valence-electron chi connectivity index (χ0n) is 12.0. The molecule has 0 saturated carbocycles. The molecule has 3 aromatic rings. The van der Waals surface area contributed by atoms with Crippen molar-refractivity contribution >= 4 is 11.6 Å². The highest BCUT2D eigenvalue weighted by Gasteiger charge is 2.32. The molecule has 6 nitrogen and oxygen atoms in total. The lowest BCUT2D eigenvalue weighted by atomic mass is 10.3. The summed E-state index contributed by atoms with van der Waals surface area (Å²) < 4.78 is 43.5. The van der Waals surface area contributed by atoms with Gasteiger partial charge in [-0.1, -0.05) is 6.07 Å². The zero-order chi connectivity index (χ0) is 17.0. The van der Waals surface area contributed by atoms with Gasteiger partial charge < -0.3 is 10.1 Å². The number of benzene rings is 1. The van der Waals surface area contributed by atoms with Crippen LogP contribution in [0.15, 0.2) is 55.1 Å². The molecule has 0 amide bonds. The fourth-order valence-electron chi connectivity index (χ4n) is 1.80. The van der Waals surface area contributed by atoms with Gasteiger partial charge in [0.2, 0.25) is 11.8 Å². The van der Waals surface area contributed by atoms with E-state index in [1.54, 1.807) is 24.3 Å². The number of halogens is 3. The van der Waals surface area contributed by atoms with Crippen LogP contribution in [0.25, 0.3) is 0 Å². The SMILES string of the molecule is FC(F)(F)c1ccnc(Nc2cccc(Oc3cnccn3)c2)n1. The number of nitrogens with zero attached hydrogens (tertiary/aromatic N) is 4. The Kier molecular flexibility index (Phi) is 4.23. The monoisotopic (exact) mass is 333 g/mol. The van der Waals surface area contributed by atoms with Crippen LogP contribution in [0, 0.1) is 0 Å². The Hall–Kier alpha value is -3.23. The van der Waals surface area contributed by atoms with Crippen LogP contribution in [0.5, 0.6) is 11.6 Å². The molecule has 0 aliphatic carbocycles. The lowest BCUT2D eigenvalue weighted by Gasteiger charge is -2.10. The maximum atomic E-state index is 12.7. The molecular weight excluding hydrogens is 323 g/mol. The molecule has 0 saturated heterocycles. The van der Waals surface area contributed by atoms with Gasteiger partial charge in [0.1, 0.15) is 11.4 Å². The smallest absolute Gasteiger partial charge is 0.433 e. The van der Waals surface area contributed by atoms with E-state index in [1.807, 2.05) is 0 Å². The molecular formula is C15H10F3N5O. The number of ether oxygens (including phenoxy) is 1. The Morgan fingerprint density at radius 2 is 1.88 bits per heavy atom. The molecule has 1 N–H and O–H groups in total. The first-order chi connectivity index (χ1) is 11.5. The van der Waals surface area contributed by atoms with E-state index < -0.39 is 11.9 Å². The first kappa shape index (κ1) is 15.7. The Bertz CT molecular complexity index is 827. The van der Waals surface area contributed by atoms with Gasteiger partial charge in [0.15, 0.2) is 0 Å². The summed E-state index contributed by atoms with van der Waals surface area (Å²) in [6, 6.07) is 7.37. The normalized spacial score (nSPS) is 11.1. The molecule has 0 aliphatic rings. The molecule has 0 atom stereocenters. The topological polar surface area (TPSA) is 72.8 Å². The third-order valence-corrected chi connectivity index (χ3v) is 2.80. The van der Waals surface area contributed by atoms with Crippen LogP contribution < -0.4 is 10.1 Å². The van der Waals surface area contributed by atoms with Gasteiger partial charge in [0, 0.05) is 30.3 Å². The number of aromatic nitrogens is 4. The predicted octanol–water partition coefficient (Wildman–Crippen LogP) is 3.82. The van der Waals surface area contributed by atoms with E-state index in [0.29, 0.717) is 17.3 Å². The largest absolute Gasteiger partial charge is 0.437 e. The molecule has 122 valence electrons. The van der Waals surface area contributed by atoms with E-state index in [-0.39, 0.29) is 5.95 Å². The molecule has 3 rings (SSSR count). The van der Waals surface area contributed by atoms with Crippen molar-refractivity contribution in [3.8, 4) is 11.6 Å². The second-order valence-corrected chi connectivity index (χ2v) is 4.56. The fraction of sp³-hybridized carbons (Fsp3) is 0.0667. The molecule has 24 heavy (non-hydrogen) atoms. The van der Waals surface area contributed by atoms with Crippen molar-refractivity contribution < 1.29 is 17.9 Å². The van der Waals surface area contributed by atoms with Gasteiger partial charge >= 0.3 is 6.18 Å². The average molecular weight is 333 g/mol. The van der Waals surface area contributed by atoms with Crippen molar-refractivity contribution in [2.75, 3.05) is 5.32 Å². The van der Waals surface area contributed by atoms with Crippen LogP contribution in [0.1, 0.15) is 5.69 Å². The van der Waals surface area contributed by atoms with Gasteiger partial charge in [-0.3, -0.25) is 4.98 Å². The maximum absolute atomic E-state index is 12.7. The summed E-state index contributed by atoms with van der Waals surface area (Å²) in [5.74, 6) is 0.568. The predicted molar refractivity (Wildman–Crippen MR) is 78.9 cm³/mol. The zero-order valence-corrected chi connectivity index (χ0v) is 12.0. The van der Waals surface area contributed by atoms with Crippen molar-refractivity contribution in [2.45, 2.75) is 6.18 Å². The standard InChI is InChI=1S/C15H10F3N5O/c16-15(17,18)12-4-5-21-14(23-12)22-10-2-1-3-11(8-10)24-13-9-19-6-7-20-13/h1-9H,(H,21,22,23). The summed E-state index contributed by atoms with van der Waals surface area (Å²) in [6.07, 6.45) is 0.939. The van der Waals surface area contributed by atoms with Crippen LogP contribution >= 0.6 is 0 Å². The average Bonchev–Trinajstić information content (AvgIpc) is 2.56. The lowest BCUT2D eigenvalue weighted by molar-refractivity contribution is -0.141. The Labute approximate surface area is 134 Å². The maximum Gasteiger partial charge on any atom is 0.433 e. The van der Waals surface area contributed by atoms with Gasteiger partial charge in [-0.15, -0.1) is 0 Å². The summed E-state index contributed by atoms with van der Waals surface area (Å²) in [5, 5.41) is 2.70. The second kappa shape index (κ2) is 6.49. The van der Waals surface area contributed by atoms with Gasteiger partial charge in [-0.25, -0.2) is 15.0 Å². The molecule has 0 spiro atoms. The third kappa shape index (κ3) is 3.94. The van der Waals surface area contributed by atoms with Crippen LogP contribution in [0.4, 0.5) is 24.8 Å². The molecule has 2 aromatic heterocycles. The molecule has 2 heterocycles. The molecule has 0 unspecified atom stereocenters. The van der Waals surface area contributed by atoms with Gasteiger partial charge in [-0.05, 0) is 18.2 Å². The van der Waals surface area contributed by atoms with Crippen molar-refractivity contribution in [2.24, 2.45) is 0 Å². The quantitative estimate of drug-likeness (QED) is 0.782. The summed E-state index contributed by atoms with van der Waals surface area (Å²) in [7, 11) is 0.